The van der Waals surface area contributed by atoms with Crippen LogP contribution in [0.1, 0.15) is 12.6 Å². The summed E-state index contributed by atoms with van der Waals surface area (Å²) in [5.74, 6) is 0.133. The van der Waals surface area contributed by atoms with Crippen molar-refractivity contribution in [3.05, 3.63) is 48.3 Å². The highest BCUT2D eigenvalue weighted by molar-refractivity contribution is 5.77. The molecule has 0 aliphatic rings. The number of Topliss-reactive ketones (excluding diaryl/α,β-unsaturated/α-hetero) is 1. The summed E-state index contributed by atoms with van der Waals surface area (Å²) in [5, 5.41) is 4.32. The van der Waals surface area contributed by atoms with E-state index < -0.39 is 0 Å². The molecular weight excluding hydrogens is 188 g/mol. The van der Waals surface area contributed by atoms with Crippen molar-refractivity contribution >= 4 is 5.78 Å². The fraction of sp³-hybridized carbons (Fsp3) is 0.167. The summed E-state index contributed by atoms with van der Waals surface area (Å²) in [7, 11) is 0. The van der Waals surface area contributed by atoms with Crippen LogP contribution in [0.4, 0.5) is 0 Å². The molecule has 0 N–H and O–H groups in total. The highest BCUT2D eigenvalue weighted by atomic mass is 16.1. The van der Waals surface area contributed by atoms with Crippen molar-refractivity contribution in [3.63, 3.8) is 0 Å². The molecule has 0 radical (unpaired) electrons. The van der Waals surface area contributed by atoms with Gasteiger partial charge in [0.1, 0.15) is 5.78 Å². The average molecular weight is 200 g/mol. The fourth-order valence-corrected chi connectivity index (χ4v) is 1.44. The van der Waals surface area contributed by atoms with Crippen LogP contribution < -0.4 is 0 Å². The van der Waals surface area contributed by atoms with Crippen LogP contribution in [0, 0.1) is 0 Å². The molecule has 76 valence electrons. The average Bonchev–Trinajstić information content (AvgIpc) is 2.67. The van der Waals surface area contributed by atoms with Crippen molar-refractivity contribution in [3.8, 4) is 5.69 Å². The van der Waals surface area contributed by atoms with Gasteiger partial charge in [0, 0.05) is 6.20 Å². The van der Waals surface area contributed by atoms with Gasteiger partial charge in [-0.05, 0) is 25.1 Å². The highest BCUT2D eigenvalue weighted by Gasteiger charge is 2.02. The maximum Gasteiger partial charge on any atom is 0.135 e. The third-order valence-electron chi connectivity index (χ3n) is 2.10. The van der Waals surface area contributed by atoms with Crippen LogP contribution in [0.25, 0.3) is 5.69 Å². The Kier molecular flexibility index (Phi) is 2.63. The summed E-state index contributed by atoms with van der Waals surface area (Å²) >= 11 is 0. The van der Waals surface area contributed by atoms with Crippen LogP contribution >= 0.6 is 0 Å². The first-order valence-corrected chi connectivity index (χ1v) is 4.85. The van der Waals surface area contributed by atoms with Crippen molar-refractivity contribution in [1.29, 1.82) is 0 Å². The van der Waals surface area contributed by atoms with Crippen LogP contribution in [0.3, 0.4) is 0 Å². The number of rotatable bonds is 3. The zero-order chi connectivity index (χ0) is 10.7. The van der Waals surface area contributed by atoms with Crippen molar-refractivity contribution in [1.82, 2.24) is 9.78 Å². The van der Waals surface area contributed by atoms with Crippen LogP contribution in [0.15, 0.2) is 42.6 Å². The minimum atomic E-state index is 0.133. The molecule has 3 nitrogen and oxygen atoms in total. The van der Waals surface area contributed by atoms with E-state index in [-0.39, 0.29) is 5.78 Å². The minimum absolute atomic E-state index is 0.133. The van der Waals surface area contributed by atoms with Gasteiger partial charge in [0.15, 0.2) is 0 Å². The Morgan fingerprint density at radius 1 is 1.27 bits per heavy atom. The Balaban J connectivity index is 2.24. The van der Waals surface area contributed by atoms with Crippen LogP contribution in [0.2, 0.25) is 0 Å². The summed E-state index contributed by atoms with van der Waals surface area (Å²) in [4.78, 5) is 10.9. The molecule has 1 heterocycles. The maximum atomic E-state index is 10.9. The van der Waals surface area contributed by atoms with Crippen LogP contribution in [-0.2, 0) is 11.2 Å². The molecule has 0 fully saturated rings. The molecule has 0 aliphatic carbocycles. The van der Waals surface area contributed by atoms with E-state index in [0.717, 1.165) is 11.4 Å². The van der Waals surface area contributed by atoms with Crippen molar-refractivity contribution < 1.29 is 4.79 Å². The van der Waals surface area contributed by atoms with E-state index in [1.807, 2.05) is 42.6 Å². The molecule has 2 rings (SSSR count). The summed E-state index contributed by atoms with van der Waals surface area (Å²) in [6.07, 6.45) is 2.27. The van der Waals surface area contributed by atoms with Crippen molar-refractivity contribution in [2.24, 2.45) is 0 Å². The predicted molar refractivity (Wildman–Crippen MR) is 57.9 cm³/mol. The van der Waals surface area contributed by atoms with Gasteiger partial charge in [-0.15, -0.1) is 0 Å². The monoisotopic (exact) mass is 200 g/mol. The highest BCUT2D eigenvalue weighted by Crippen LogP contribution is 2.07. The van der Waals surface area contributed by atoms with Crippen LogP contribution in [0.5, 0.6) is 0 Å². The molecule has 0 unspecified atom stereocenters. The molecule has 1 aromatic carbocycles. The van der Waals surface area contributed by atoms with Gasteiger partial charge in [0.05, 0.1) is 17.8 Å². The second-order valence-electron chi connectivity index (χ2n) is 3.47. The topological polar surface area (TPSA) is 34.9 Å². The van der Waals surface area contributed by atoms with Gasteiger partial charge in [0.25, 0.3) is 0 Å². The lowest BCUT2D eigenvalue weighted by Gasteiger charge is -1.99. The second-order valence-corrected chi connectivity index (χ2v) is 3.47. The number of carbonyl (C=O) groups is 1. The number of para-hydroxylation sites is 1. The number of ketones is 1. The van der Waals surface area contributed by atoms with Gasteiger partial charge in [-0.25, -0.2) is 4.68 Å². The summed E-state index contributed by atoms with van der Waals surface area (Å²) in [6, 6.07) is 11.7. The Bertz CT molecular complexity index is 459. The zero-order valence-corrected chi connectivity index (χ0v) is 8.55. The van der Waals surface area contributed by atoms with E-state index in [9.17, 15) is 4.79 Å². The first kappa shape index (κ1) is 9.65. The first-order valence-electron chi connectivity index (χ1n) is 4.85. The van der Waals surface area contributed by atoms with Gasteiger partial charge in [0.2, 0.25) is 0 Å². The molecule has 3 heteroatoms. The largest absolute Gasteiger partial charge is 0.300 e. The zero-order valence-electron chi connectivity index (χ0n) is 8.55. The second kappa shape index (κ2) is 4.09. The molecule has 0 aliphatic heterocycles. The van der Waals surface area contributed by atoms with E-state index in [4.69, 9.17) is 0 Å². The van der Waals surface area contributed by atoms with E-state index in [2.05, 4.69) is 5.10 Å². The summed E-state index contributed by atoms with van der Waals surface area (Å²) < 4.78 is 1.78. The molecule has 0 spiro atoms. The Morgan fingerprint density at radius 3 is 2.67 bits per heavy atom. The lowest BCUT2D eigenvalue weighted by molar-refractivity contribution is -0.116. The quantitative estimate of drug-likeness (QED) is 0.759. The predicted octanol–water partition coefficient (Wildman–Crippen LogP) is 2.00. The molecule has 2 aromatic rings. The third-order valence-corrected chi connectivity index (χ3v) is 2.10. The molecule has 0 saturated heterocycles. The Labute approximate surface area is 88.4 Å². The molecular formula is C12H12N2O. The van der Waals surface area contributed by atoms with Gasteiger partial charge in [-0.2, -0.15) is 5.10 Å². The SMILES string of the molecule is CC(=O)Cc1ccn(-c2ccccc2)n1. The normalized spacial score (nSPS) is 10.2. The Morgan fingerprint density at radius 2 is 2.00 bits per heavy atom. The summed E-state index contributed by atoms with van der Waals surface area (Å²) in [6.45, 7) is 1.57. The number of benzene rings is 1. The minimum Gasteiger partial charge on any atom is -0.300 e. The van der Waals surface area contributed by atoms with Crippen molar-refractivity contribution in [2.45, 2.75) is 13.3 Å². The van der Waals surface area contributed by atoms with E-state index in [1.54, 1.807) is 11.6 Å². The lowest BCUT2D eigenvalue weighted by atomic mass is 10.2. The third kappa shape index (κ3) is 2.31. The van der Waals surface area contributed by atoms with Gasteiger partial charge in [-0.1, -0.05) is 18.2 Å². The number of aromatic nitrogens is 2. The first-order chi connectivity index (χ1) is 7.25. The molecule has 0 amide bonds. The number of carbonyl (C=O) groups excluding carboxylic acids is 1. The molecule has 1 aromatic heterocycles. The molecule has 15 heavy (non-hydrogen) atoms. The summed E-state index contributed by atoms with van der Waals surface area (Å²) in [5.41, 5.74) is 1.82. The van der Waals surface area contributed by atoms with E-state index in [1.165, 1.54) is 0 Å². The van der Waals surface area contributed by atoms with Gasteiger partial charge < -0.3 is 0 Å². The molecule has 0 bridgehead atoms. The van der Waals surface area contributed by atoms with Gasteiger partial charge in [-0.3, -0.25) is 4.79 Å². The number of hydrogen-bond acceptors (Lipinski definition) is 2. The number of hydrogen-bond donors (Lipinski definition) is 0. The van der Waals surface area contributed by atoms with E-state index in [0.29, 0.717) is 6.42 Å². The molecule has 0 atom stereocenters. The Hall–Kier alpha value is -1.90. The van der Waals surface area contributed by atoms with Crippen LogP contribution in [-0.4, -0.2) is 15.6 Å². The number of nitrogens with zero attached hydrogens (tertiary/aromatic N) is 2. The lowest BCUT2D eigenvalue weighted by Crippen LogP contribution is -1.99. The van der Waals surface area contributed by atoms with Gasteiger partial charge >= 0.3 is 0 Å². The molecule has 0 saturated carbocycles. The maximum absolute atomic E-state index is 10.9. The standard InChI is InChI=1S/C12H12N2O/c1-10(15)9-11-7-8-14(13-11)12-5-3-2-4-6-12/h2-8H,9H2,1H3. The van der Waals surface area contributed by atoms with E-state index >= 15 is 0 Å². The fourth-order valence-electron chi connectivity index (χ4n) is 1.44. The smallest absolute Gasteiger partial charge is 0.135 e. The van der Waals surface area contributed by atoms with Crippen molar-refractivity contribution in [2.75, 3.05) is 0 Å².